The topological polar surface area (TPSA) is 49.3 Å². The minimum Gasteiger partial charge on any atom is -0.508 e. The van der Waals surface area contributed by atoms with E-state index in [0.717, 1.165) is 0 Å². The number of carbonyl (C=O) groups excluding carboxylic acids is 1. The number of anilines is 1. The molecule has 5 heteroatoms. The molecule has 0 aliphatic rings. The number of hydrogen-bond donors (Lipinski definition) is 2. The fraction of sp³-hybridized carbons (Fsp3) is 0. The zero-order valence-electron chi connectivity index (χ0n) is 9.15. The lowest BCUT2D eigenvalue weighted by molar-refractivity contribution is 0.102. The number of amides is 1. The predicted octanol–water partition coefficient (Wildman–Crippen LogP) is 3.95. The molecule has 0 aliphatic heterocycles. The quantitative estimate of drug-likeness (QED) is 0.876. The zero-order valence-corrected chi connectivity index (χ0v) is 10.7. The molecule has 0 fully saturated rings. The highest BCUT2D eigenvalue weighted by Gasteiger charge is 2.12. The number of para-hydroxylation sites is 1. The van der Waals surface area contributed by atoms with E-state index in [1.54, 1.807) is 24.3 Å². The van der Waals surface area contributed by atoms with Crippen molar-refractivity contribution in [3.8, 4) is 5.75 Å². The Morgan fingerprint density at radius 1 is 1.06 bits per heavy atom. The maximum Gasteiger partial charge on any atom is 0.257 e. The molecule has 0 bridgehead atoms. The largest absolute Gasteiger partial charge is 0.508 e. The van der Waals surface area contributed by atoms with Gasteiger partial charge < -0.3 is 10.4 Å². The minimum absolute atomic E-state index is 0.0243. The molecule has 0 spiro atoms. The Bertz CT molecular complexity index is 599. The Kier molecular flexibility index (Phi) is 3.75. The lowest BCUT2D eigenvalue weighted by atomic mass is 10.2. The number of rotatable bonds is 2. The Hall–Kier alpha value is -1.71. The molecule has 0 aromatic heterocycles. The third kappa shape index (κ3) is 2.75. The number of phenolic OH excluding ortho intramolecular Hbond substituents is 1. The van der Waals surface area contributed by atoms with E-state index in [1.165, 1.54) is 18.2 Å². The number of phenols is 1. The van der Waals surface area contributed by atoms with Crippen LogP contribution in [-0.2, 0) is 0 Å². The van der Waals surface area contributed by atoms with E-state index in [9.17, 15) is 9.90 Å². The molecular formula is C13H9Cl2NO2. The van der Waals surface area contributed by atoms with E-state index in [2.05, 4.69) is 5.32 Å². The van der Waals surface area contributed by atoms with E-state index in [-0.39, 0.29) is 16.3 Å². The van der Waals surface area contributed by atoms with Crippen molar-refractivity contribution in [3.05, 3.63) is 58.1 Å². The third-order valence-electron chi connectivity index (χ3n) is 2.32. The monoisotopic (exact) mass is 281 g/mol. The van der Waals surface area contributed by atoms with Crippen molar-refractivity contribution in [1.29, 1.82) is 0 Å². The normalized spacial score (nSPS) is 10.1. The van der Waals surface area contributed by atoms with Crippen LogP contribution in [-0.4, -0.2) is 11.0 Å². The predicted molar refractivity (Wildman–Crippen MR) is 72.5 cm³/mol. The SMILES string of the molecule is O=C(Nc1ccccc1Cl)c1cc(O)ccc1Cl. The first-order valence-corrected chi connectivity index (χ1v) is 5.88. The first kappa shape index (κ1) is 12.7. The molecule has 92 valence electrons. The van der Waals surface area contributed by atoms with E-state index >= 15 is 0 Å². The zero-order chi connectivity index (χ0) is 13.1. The summed E-state index contributed by atoms with van der Waals surface area (Å²) in [5.74, 6) is -0.451. The van der Waals surface area contributed by atoms with Crippen molar-refractivity contribution in [3.63, 3.8) is 0 Å². The first-order valence-electron chi connectivity index (χ1n) is 5.12. The summed E-state index contributed by atoms with van der Waals surface area (Å²) in [7, 11) is 0. The Balaban J connectivity index is 2.28. The van der Waals surface area contributed by atoms with E-state index in [4.69, 9.17) is 23.2 Å². The fourth-order valence-corrected chi connectivity index (χ4v) is 1.83. The van der Waals surface area contributed by atoms with Crippen LogP contribution in [0.2, 0.25) is 10.0 Å². The molecule has 2 rings (SSSR count). The highest BCUT2D eigenvalue weighted by atomic mass is 35.5. The molecule has 0 radical (unpaired) electrons. The molecule has 0 heterocycles. The van der Waals surface area contributed by atoms with Crippen molar-refractivity contribution >= 4 is 34.8 Å². The van der Waals surface area contributed by atoms with E-state index < -0.39 is 5.91 Å². The molecule has 0 saturated heterocycles. The summed E-state index contributed by atoms with van der Waals surface area (Å²) in [6.07, 6.45) is 0. The molecule has 2 aromatic carbocycles. The molecule has 18 heavy (non-hydrogen) atoms. The second-order valence-electron chi connectivity index (χ2n) is 3.60. The smallest absolute Gasteiger partial charge is 0.257 e. The average Bonchev–Trinajstić information content (AvgIpc) is 2.35. The summed E-state index contributed by atoms with van der Waals surface area (Å²) >= 11 is 11.8. The molecule has 3 nitrogen and oxygen atoms in total. The fourth-order valence-electron chi connectivity index (χ4n) is 1.44. The van der Waals surface area contributed by atoms with Crippen LogP contribution in [0.5, 0.6) is 5.75 Å². The molecule has 0 atom stereocenters. The van der Waals surface area contributed by atoms with Crippen LogP contribution < -0.4 is 5.32 Å². The maximum atomic E-state index is 12.0. The second-order valence-corrected chi connectivity index (χ2v) is 4.41. The highest BCUT2D eigenvalue weighted by molar-refractivity contribution is 6.36. The lowest BCUT2D eigenvalue weighted by Gasteiger charge is -2.08. The number of halogens is 2. The third-order valence-corrected chi connectivity index (χ3v) is 2.98. The van der Waals surface area contributed by atoms with Crippen LogP contribution >= 0.6 is 23.2 Å². The number of benzene rings is 2. The van der Waals surface area contributed by atoms with Crippen LogP contribution in [0.25, 0.3) is 0 Å². The average molecular weight is 282 g/mol. The highest BCUT2D eigenvalue weighted by Crippen LogP contribution is 2.25. The van der Waals surface area contributed by atoms with Crippen molar-refractivity contribution in [2.45, 2.75) is 0 Å². The maximum absolute atomic E-state index is 12.0. The summed E-state index contributed by atoms with van der Waals surface area (Å²) in [5, 5.41) is 12.7. The van der Waals surface area contributed by atoms with Crippen molar-refractivity contribution in [1.82, 2.24) is 0 Å². The molecular weight excluding hydrogens is 273 g/mol. The van der Waals surface area contributed by atoms with Gasteiger partial charge >= 0.3 is 0 Å². The lowest BCUT2D eigenvalue weighted by Crippen LogP contribution is -2.12. The minimum atomic E-state index is -0.427. The summed E-state index contributed by atoms with van der Waals surface area (Å²) in [6, 6.07) is 11.0. The number of nitrogens with one attached hydrogen (secondary N) is 1. The Morgan fingerprint density at radius 3 is 2.50 bits per heavy atom. The van der Waals surface area contributed by atoms with Crippen molar-refractivity contribution < 1.29 is 9.90 Å². The number of hydrogen-bond acceptors (Lipinski definition) is 2. The summed E-state index contributed by atoms with van der Waals surface area (Å²) in [5.41, 5.74) is 0.681. The van der Waals surface area contributed by atoms with Gasteiger partial charge in [-0.05, 0) is 30.3 Å². The number of carbonyl (C=O) groups is 1. The van der Waals surface area contributed by atoms with Gasteiger partial charge in [-0.2, -0.15) is 0 Å². The van der Waals surface area contributed by atoms with Gasteiger partial charge in [-0.1, -0.05) is 35.3 Å². The van der Waals surface area contributed by atoms with Gasteiger partial charge in [0.15, 0.2) is 0 Å². The molecule has 2 aromatic rings. The second kappa shape index (κ2) is 5.29. The van der Waals surface area contributed by atoms with Crippen molar-refractivity contribution in [2.24, 2.45) is 0 Å². The van der Waals surface area contributed by atoms with E-state index in [1.807, 2.05) is 0 Å². The summed E-state index contributed by atoms with van der Waals surface area (Å²) in [6.45, 7) is 0. The van der Waals surface area contributed by atoms with Crippen LogP contribution in [0.4, 0.5) is 5.69 Å². The van der Waals surface area contributed by atoms with Gasteiger partial charge in [-0.3, -0.25) is 4.79 Å². The molecule has 0 aliphatic carbocycles. The first-order chi connectivity index (χ1) is 8.58. The van der Waals surface area contributed by atoms with Crippen LogP contribution in [0.15, 0.2) is 42.5 Å². The molecule has 0 saturated carbocycles. The molecule has 1 amide bonds. The van der Waals surface area contributed by atoms with Gasteiger partial charge in [0.2, 0.25) is 0 Å². The van der Waals surface area contributed by atoms with Crippen molar-refractivity contribution in [2.75, 3.05) is 5.32 Å². The number of aromatic hydroxyl groups is 1. The Morgan fingerprint density at radius 2 is 1.78 bits per heavy atom. The van der Waals surface area contributed by atoms with Gasteiger partial charge in [0.05, 0.1) is 21.3 Å². The van der Waals surface area contributed by atoms with Gasteiger partial charge in [0, 0.05) is 0 Å². The molecule has 2 N–H and O–H groups in total. The van der Waals surface area contributed by atoms with Gasteiger partial charge in [-0.15, -0.1) is 0 Å². The summed E-state index contributed by atoms with van der Waals surface area (Å²) < 4.78 is 0. The van der Waals surface area contributed by atoms with Crippen LogP contribution in [0.3, 0.4) is 0 Å². The van der Waals surface area contributed by atoms with Gasteiger partial charge in [0.25, 0.3) is 5.91 Å². The van der Waals surface area contributed by atoms with Gasteiger partial charge in [0.1, 0.15) is 5.75 Å². The standard InChI is InChI=1S/C13H9Cl2NO2/c14-10-6-5-8(17)7-9(10)13(18)16-12-4-2-1-3-11(12)15/h1-7,17H,(H,16,18). The van der Waals surface area contributed by atoms with Gasteiger partial charge in [-0.25, -0.2) is 0 Å². The summed E-state index contributed by atoms with van der Waals surface area (Å²) in [4.78, 5) is 12.0. The van der Waals surface area contributed by atoms with Crippen LogP contribution in [0.1, 0.15) is 10.4 Å². The van der Waals surface area contributed by atoms with Crippen LogP contribution in [0, 0.1) is 0 Å². The molecule has 0 unspecified atom stereocenters. The Labute approximate surface area is 114 Å². The van der Waals surface area contributed by atoms with E-state index in [0.29, 0.717) is 10.7 Å².